The third-order valence-corrected chi connectivity index (χ3v) is 7.63. The molecule has 1 fully saturated rings. The summed E-state index contributed by atoms with van der Waals surface area (Å²) in [5.41, 5.74) is 0.217. The van der Waals surface area contributed by atoms with Crippen LogP contribution >= 0.6 is 15.9 Å². The van der Waals surface area contributed by atoms with Crippen LogP contribution < -0.4 is 9.47 Å². The minimum absolute atomic E-state index is 0.124. The normalized spacial score (nSPS) is 17.5. The molecule has 0 bridgehead atoms. The van der Waals surface area contributed by atoms with E-state index in [2.05, 4.69) is 15.9 Å². The van der Waals surface area contributed by atoms with Crippen molar-refractivity contribution in [3.05, 3.63) is 52.3 Å². The van der Waals surface area contributed by atoms with Gasteiger partial charge in [-0.1, -0.05) is 0 Å². The number of ether oxygens (including phenoxy) is 2. The number of carbonyl (C=O) groups is 1. The molecule has 4 rings (SSSR count). The lowest BCUT2D eigenvalue weighted by molar-refractivity contribution is 0.0696. The predicted molar refractivity (Wildman–Crippen MR) is 111 cm³/mol. The molecule has 2 aromatic carbocycles. The van der Waals surface area contributed by atoms with E-state index in [1.165, 1.54) is 39.5 Å². The molecular weight excluding hydrogens is 479 g/mol. The molecule has 2 aliphatic rings. The van der Waals surface area contributed by atoms with E-state index in [0.717, 1.165) is 6.42 Å². The fraction of sp³-hybridized carbons (Fsp3) is 0.350. The molecule has 160 valence electrons. The molecule has 0 radical (unpaired) electrons. The Hall–Kier alpha value is -2.17. The Morgan fingerprint density at radius 3 is 2.40 bits per heavy atom. The van der Waals surface area contributed by atoms with Crippen molar-refractivity contribution >= 4 is 31.9 Å². The van der Waals surface area contributed by atoms with Crippen LogP contribution in [0.5, 0.6) is 11.5 Å². The highest BCUT2D eigenvalue weighted by Gasteiger charge is 2.31. The number of rotatable bonds is 3. The number of sulfonamides is 1. The summed E-state index contributed by atoms with van der Waals surface area (Å²) in [6, 6.07) is 8.51. The first-order valence-corrected chi connectivity index (χ1v) is 11.7. The average molecular weight is 499 g/mol. The van der Waals surface area contributed by atoms with Crippen molar-refractivity contribution in [2.45, 2.75) is 11.3 Å². The van der Waals surface area contributed by atoms with Crippen LogP contribution in [-0.2, 0) is 10.0 Å². The molecule has 0 atom stereocenters. The maximum absolute atomic E-state index is 13.5. The van der Waals surface area contributed by atoms with Gasteiger partial charge in [0.2, 0.25) is 10.0 Å². The first-order chi connectivity index (χ1) is 14.4. The molecule has 30 heavy (non-hydrogen) atoms. The van der Waals surface area contributed by atoms with E-state index in [1.807, 2.05) is 0 Å². The lowest BCUT2D eigenvalue weighted by Gasteiger charge is -2.34. The van der Waals surface area contributed by atoms with E-state index < -0.39 is 15.8 Å². The van der Waals surface area contributed by atoms with Crippen LogP contribution in [0.25, 0.3) is 0 Å². The predicted octanol–water partition coefficient (Wildman–Crippen LogP) is 2.90. The number of halogens is 2. The van der Waals surface area contributed by atoms with Gasteiger partial charge < -0.3 is 14.4 Å². The quantitative estimate of drug-likeness (QED) is 0.650. The van der Waals surface area contributed by atoms with Crippen molar-refractivity contribution in [1.29, 1.82) is 0 Å². The summed E-state index contributed by atoms with van der Waals surface area (Å²) in [7, 11) is -3.75. The lowest BCUT2D eigenvalue weighted by atomic mass is 10.2. The zero-order valence-corrected chi connectivity index (χ0v) is 18.4. The molecule has 0 aliphatic carbocycles. The van der Waals surface area contributed by atoms with Gasteiger partial charge in [-0.25, -0.2) is 12.8 Å². The third-order valence-electron chi connectivity index (χ3n) is 5.04. The van der Waals surface area contributed by atoms with E-state index in [0.29, 0.717) is 29.2 Å². The maximum Gasteiger partial charge on any atom is 0.255 e. The van der Waals surface area contributed by atoms with Gasteiger partial charge in [0, 0.05) is 43.1 Å². The molecule has 2 heterocycles. The smallest absolute Gasteiger partial charge is 0.255 e. The van der Waals surface area contributed by atoms with E-state index in [1.54, 1.807) is 6.07 Å². The molecule has 0 spiro atoms. The van der Waals surface area contributed by atoms with Crippen LogP contribution in [0.1, 0.15) is 16.8 Å². The Kier molecular flexibility index (Phi) is 5.99. The van der Waals surface area contributed by atoms with Crippen LogP contribution in [0.15, 0.2) is 45.8 Å². The molecule has 1 amide bonds. The number of benzene rings is 2. The van der Waals surface area contributed by atoms with Gasteiger partial charge in [-0.2, -0.15) is 4.31 Å². The summed E-state index contributed by atoms with van der Waals surface area (Å²) < 4.78 is 52.7. The average Bonchev–Trinajstić information content (AvgIpc) is 3.00. The van der Waals surface area contributed by atoms with Gasteiger partial charge in [0.05, 0.1) is 23.7 Å². The number of nitrogens with zero attached hydrogens (tertiary/aromatic N) is 2. The summed E-state index contributed by atoms with van der Waals surface area (Å²) in [6.45, 7) is 1.71. The molecule has 0 unspecified atom stereocenters. The van der Waals surface area contributed by atoms with Gasteiger partial charge in [-0.3, -0.25) is 4.79 Å². The summed E-state index contributed by atoms with van der Waals surface area (Å²) in [4.78, 5) is 14.4. The minimum Gasteiger partial charge on any atom is -0.490 e. The second kappa shape index (κ2) is 8.52. The van der Waals surface area contributed by atoms with Gasteiger partial charge in [0.15, 0.2) is 11.5 Å². The zero-order chi connectivity index (χ0) is 21.3. The molecule has 7 nitrogen and oxygen atoms in total. The van der Waals surface area contributed by atoms with E-state index >= 15 is 0 Å². The van der Waals surface area contributed by atoms with E-state index in [4.69, 9.17) is 9.47 Å². The number of hydrogen-bond acceptors (Lipinski definition) is 5. The van der Waals surface area contributed by atoms with Crippen molar-refractivity contribution in [3.63, 3.8) is 0 Å². The van der Waals surface area contributed by atoms with Crippen LogP contribution in [-0.4, -0.2) is 62.9 Å². The maximum atomic E-state index is 13.5. The SMILES string of the molecule is O=C(c1cc(F)ccc1Br)N1CCN(S(=O)(=O)c2ccc3c(c2)OCCCO3)CC1. The first-order valence-electron chi connectivity index (χ1n) is 9.50. The monoisotopic (exact) mass is 498 g/mol. The molecule has 2 aromatic rings. The Balaban J connectivity index is 1.47. The zero-order valence-electron chi connectivity index (χ0n) is 16.0. The molecular formula is C20H20BrFN2O5S. The van der Waals surface area contributed by atoms with Crippen LogP contribution in [0.3, 0.4) is 0 Å². The fourth-order valence-corrected chi connectivity index (χ4v) is 5.27. The lowest BCUT2D eigenvalue weighted by Crippen LogP contribution is -2.50. The molecule has 0 aromatic heterocycles. The standard InChI is InChI=1S/C20H20BrFN2O5S/c21-17-4-2-14(22)12-16(17)20(25)23-6-8-24(9-7-23)30(26,27)15-3-5-18-19(13-15)29-11-1-10-28-18/h2-5,12-13H,1,6-11H2. The topological polar surface area (TPSA) is 76.2 Å². The third kappa shape index (κ3) is 4.17. The first kappa shape index (κ1) is 21.1. The van der Waals surface area contributed by atoms with Crippen LogP contribution in [0.2, 0.25) is 0 Å². The Morgan fingerprint density at radius 1 is 0.967 bits per heavy atom. The van der Waals surface area contributed by atoms with Crippen LogP contribution in [0, 0.1) is 5.82 Å². The van der Waals surface area contributed by atoms with E-state index in [9.17, 15) is 17.6 Å². The highest BCUT2D eigenvalue weighted by atomic mass is 79.9. The number of fused-ring (bicyclic) bond motifs is 1. The molecule has 0 N–H and O–H groups in total. The molecule has 10 heteroatoms. The number of amides is 1. The van der Waals surface area contributed by atoms with Gasteiger partial charge in [-0.15, -0.1) is 0 Å². The van der Waals surface area contributed by atoms with Crippen molar-refractivity contribution in [2.24, 2.45) is 0 Å². The highest BCUT2D eigenvalue weighted by molar-refractivity contribution is 9.10. The Labute approximate surface area is 182 Å². The van der Waals surface area contributed by atoms with Crippen molar-refractivity contribution in [1.82, 2.24) is 9.21 Å². The van der Waals surface area contributed by atoms with Crippen LogP contribution in [0.4, 0.5) is 4.39 Å². The van der Waals surface area contributed by atoms with E-state index in [-0.39, 0.29) is 42.5 Å². The van der Waals surface area contributed by atoms with Crippen molar-refractivity contribution < 1.29 is 27.1 Å². The summed E-state index contributed by atoms with van der Waals surface area (Å²) >= 11 is 3.26. The summed E-state index contributed by atoms with van der Waals surface area (Å²) in [5.74, 6) is 0.104. The largest absolute Gasteiger partial charge is 0.490 e. The number of carbonyl (C=O) groups excluding carboxylic acids is 1. The van der Waals surface area contributed by atoms with Gasteiger partial charge in [0.1, 0.15) is 5.82 Å². The fourth-order valence-electron chi connectivity index (χ4n) is 3.42. The van der Waals surface area contributed by atoms with Gasteiger partial charge in [-0.05, 0) is 46.3 Å². The molecule has 2 aliphatic heterocycles. The summed E-state index contributed by atoms with van der Waals surface area (Å²) in [5, 5.41) is 0. The Bertz CT molecular complexity index is 1070. The molecule has 1 saturated heterocycles. The molecule has 0 saturated carbocycles. The second-order valence-electron chi connectivity index (χ2n) is 6.98. The highest BCUT2D eigenvalue weighted by Crippen LogP contribution is 2.33. The van der Waals surface area contributed by atoms with Crippen molar-refractivity contribution in [2.75, 3.05) is 39.4 Å². The second-order valence-corrected chi connectivity index (χ2v) is 9.77. The minimum atomic E-state index is -3.75. The van der Waals surface area contributed by atoms with Gasteiger partial charge in [0.25, 0.3) is 5.91 Å². The van der Waals surface area contributed by atoms with Gasteiger partial charge >= 0.3 is 0 Å². The number of hydrogen-bond donors (Lipinski definition) is 0. The van der Waals surface area contributed by atoms with Crippen molar-refractivity contribution in [3.8, 4) is 11.5 Å². The number of piperazine rings is 1. The summed E-state index contributed by atoms with van der Waals surface area (Å²) in [6.07, 6.45) is 0.730. The Morgan fingerprint density at radius 2 is 1.67 bits per heavy atom.